The molecule has 2 amide bonds. The second-order valence-electron chi connectivity index (χ2n) is 4.11. The molecule has 0 aliphatic carbocycles. The van der Waals surface area contributed by atoms with Gasteiger partial charge in [-0.2, -0.15) is 0 Å². The van der Waals surface area contributed by atoms with Gasteiger partial charge in [0, 0.05) is 17.0 Å². The largest absolute Gasteiger partial charge is 0.352 e. The van der Waals surface area contributed by atoms with Crippen molar-refractivity contribution in [3.05, 3.63) is 34.9 Å². The van der Waals surface area contributed by atoms with Crippen molar-refractivity contribution in [2.45, 2.75) is 19.3 Å². The third-order valence-corrected chi connectivity index (χ3v) is 2.58. The fourth-order valence-corrected chi connectivity index (χ4v) is 1.44. The summed E-state index contributed by atoms with van der Waals surface area (Å²) in [5.74, 6) is 0. The van der Waals surface area contributed by atoms with Crippen LogP contribution in [0, 0.1) is 0 Å². The number of nitrogens with two attached hydrogens (primary N) is 1. The predicted octanol–water partition coefficient (Wildman–Crippen LogP) is 2.29. The van der Waals surface area contributed by atoms with Crippen molar-refractivity contribution in [3.8, 4) is 0 Å². The molecule has 4 heteroatoms. The van der Waals surface area contributed by atoms with Gasteiger partial charge in [0.1, 0.15) is 0 Å². The molecule has 0 radical (unpaired) electrons. The lowest BCUT2D eigenvalue weighted by Gasteiger charge is -2.25. The molecule has 0 spiro atoms. The summed E-state index contributed by atoms with van der Waals surface area (Å²) in [6.07, 6.45) is 0. The number of hydrogen-bond donors (Lipinski definition) is 2. The van der Waals surface area contributed by atoms with Gasteiger partial charge in [0.05, 0.1) is 0 Å². The van der Waals surface area contributed by atoms with E-state index in [9.17, 15) is 4.79 Å². The summed E-state index contributed by atoms with van der Waals surface area (Å²) in [7, 11) is 0. The molecule has 82 valence electrons. The first kappa shape index (κ1) is 11.9. The first-order valence-electron chi connectivity index (χ1n) is 4.71. The molecule has 0 aliphatic rings. The van der Waals surface area contributed by atoms with Crippen LogP contribution in [-0.4, -0.2) is 12.6 Å². The molecule has 0 unspecified atom stereocenters. The summed E-state index contributed by atoms with van der Waals surface area (Å²) >= 11 is 5.80. The molecule has 0 heterocycles. The molecule has 0 saturated heterocycles. The standard InChI is InChI=1S/C11H15ClN2O/c1-11(2,7-14-10(13)15)8-3-5-9(12)6-4-8/h3-6H,7H2,1-2H3,(H3,13,14,15). The Morgan fingerprint density at radius 3 is 2.40 bits per heavy atom. The number of urea groups is 1. The molecule has 1 aromatic rings. The summed E-state index contributed by atoms with van der Waals surface area (Å²) in [5, 5.41) is 3.31. The summed E-state index contributed by atoms with van der Waals surface area (Å²) in [5.41, 5.74) is 5.99. The minimum atomic E-state index is -0.503. The third kappa shape index (κ3) is 3.44. The minimum absolute atomic E-state index is 0.153. The highest BCUT2D eigenvalue weighted by Crippen LogP contribution is 2.23. The molecule has 3 nitrogen and oxygen atoms in total. The maximum absolute atomic E-state index is 10.6. The molecule has 0 aliphatic heterocycles. The fraction of sp³-hybridized carbons (Fsp3) is 0.364. The van der Waals surface area contributed by atoms with Crippen molar-refractivity contribution in [1.82, 2.24) is 5.32 Å². The molecule has 0 aromatic heterocycles. The lowest BCUT2D eigenvalue weighted by Crippen LogP contribution is -2.39. The number of nitrogens with one attached hydrogen (secondary N) is 1. The predicted molar refractivity (Wildman–Crippen MR) is 62.1 cm³/mol. The Bertz CT molecular complexity index is 346. The number of hydrogen-bond acceptors (Lipinski definition) is 1. The lowest BCUT2D eigenvalue weighted by molar-refractivity contribution is 0.246. The first-order chi connectivity index (χ1) is 6.92. The van der Waals surface area contributed by atoms with E-state index in [1.165, 1.54) is 0 Å². The second-order valence-corrected chi connectivity index (χ2v) is 4.55. The van der Waals surface area contributed by atoms with Gasteiger partial charge in [-0.05, 0) is 17.7 Å². The van der Waals surface area contributed by atoms with Crippen molar-refractivity contribution in [1.29, 1.82) is 0 Å². The van der Waals surface area contributed by atoms with Crippen molar-refractivity contribution in [2.75, 3.05) is 6.54 Å². The van der Waals surface area contributed by atoms with Crippen LogP contribution in [0.4, 0.5) is 4.79 Å². The molecule has 1 aromatic carbocycles. The molecular formula is C11H15ClN2O. The zero-order chi connectivity index (χ0) is 11.5. The zero-order valence-electron chi connectivity index (χ0n) is 8.88. The van der Waals surface area contributed by atoms with Gasteiger partial charge in [0.2, 0.25) is 0 Å². The van der Waals surface area contributed by atoms with E-state index in [2.05, 4.69) is 5.32 Å². The van der Waals surface area contributed by atoms with E-state index in [-0.39, 0.29) is 5.41 Å². The Labute approximate surface area is 94.6 Å². The maximum atomic E-state index is 10.6. The molecule has 3 N–H and O–H groups in total. The van der Waals surface area contributed by atoms with Gasteiger partial charge >= 0.3 is 6.03 Å². The van der Waals surface area contributed by atoms with Crippen LogP contribution in [0.2, 0.25) is 5.02 Å². The van der Waals surface area contributed by atoms with Crippen LogP contribution in [-0.2, 0) is 5.41 Å². The number of amides is 2. The van der Waals surface area contributed by atoms with Crippen molar-refractivity contribution < 1.29 is 4.79 Å². The van der Waals surface area contributed by atoms with Gasteiger partial charge in [-0.25, -0.2) is 4.79 Å². The average Bonchev–Trinajstić information content (AvgIpc) is 2.16. The SMILES string of the molecule is CC(C)(CNC(N)=O)c1ccc(Cl)cc1. The van der Waals surface area contributed by atoms with E-state index < -0.39 is 6.03 Å². The third-order valence-electron chi connectivity index (χ3n) is 2.33. The van der Waals surface area contributed by atoms with Crippen LogP contribution >= 0.6 is 11.6 Å². The highest BCUT2D eigenvalue weighted by Gasteiger charge is 2.20. The molecule has 1 rings (SSSR count). The fourth-order valence-electron chi connectivity index (χ4n) is 1.31. The molecular weight excluding hydrogens is 212 g/mol. The summed E-state index contributed by atoms with van der Waals surface area (Å²) in [4.78, 5) is 10.6. The maximum Gasteiger partial charge on any atom is 0.312 e. The topological polar surface area (TPSA) is 55.1 Å². The van der Waals surface area contributed by atoms with E-state index in [1.54, 1.807) is 0 Å². The number of primary amides is 1. The van der Waals surface area contributed by atoms with E-state index >= 15 is 0 Å². The van der Waals surface area contributed by atoms with Crippen molar-refractivity contribution >= 4 is 17.6 Å². The Kier molecular flexibility index (Phi) is 3.58. The summed E-state index contributed by atoms with van der Waals surface area (Å²) < 4.78 is 0. The highest BCUT2D eigenvalue weighted by atomic mass is 35.5. The van der Waals surface area contributed by atoms with E-state index in [0.29, 0.717) is 11.6 Å². The lowest BCUT2D eigenvalue weighted by atomic mass is 9.85. The molecule has 0 atom stereocenters. The van der Waals surface area contributed by atoms with Gasteiger partial charge in [-0.15, -0.1) is 0 Å². The number of carbonyl (C=O) groups excluding carboxylic acids is 1. The van der Waals surface area contributed by atoms with Crippen LogP contribution in [0.25, 0.3) is 0 Å². The quantitative estimate of drug-likeness (QED) is 0.817. The van der Waals surface area contributed by atoms with Crippen LogP contribution < -0.4 is 11.1 Å². The number of halogens is 1. The molecule has 0 bridgehead atoms. The zero-order valence-corrected chi connectivity index (χ0v) is 9.64. The van der Waals surface area contributed by atoms with E-state index in [0.717, 1.165) is 5.56 Å². The Morgan fingerprint density at radius 1 is 1.40 bits per heavy atom. The Morgan fingerprint density at radius 2 is 1.93 bits per heavy atom. The molecule has 0 fully saturated rings. The monoisotopic (exact) mass is 226 g/mol. The first-order valence-corrected chi connectivity index (χ1v) is 5.09. The smallest absolute Gasteiger partial charge is 0.312 e. The number of carbonyl (C=O) groups is 1. The number of benzene rings is 1. The average molecular weight is 227 g/mol. The van der Waals surface area contributed by atoms with Gasteiger partial charge in [-0.1, -0.05) is 37.6 Å². The van der Waals surface area contributed by atoms with Gasteiger partial charge < -0.3 is 11.1 Å². The second kappa shape index (κ2) is 4.53. The Balaban J connectivity index is 2.76. The van der Waals surface area contributed by atoms with Gasteiger partial charge in [0.15, 0.2) is 0 Å². The van der Waals surface area contributed by atoms with E-state index in [1.807, 2.05) is 38.1 Å². The van der Waals surface area contributed by atoms with Crippen LogP contribution in [0.1, 0.15) is 19.4 Å². The van der Waals surface area contributed by atoms with Crippen LogP contribution in [0.15, 0.2) is 24.3 Å². The van der Waals surface area contributed by atoms with Crippen molar-refractivity contribution in [3.63, 3.8) is 0 Å². The highest BCUT2D eigenvalue weighted by molar-refractivity contribution is 6.30. The molecule has 0 saturated carbocycles. The summed E-state index contributed by atoms with van der Waals surface area (Å²) in [6, 6.07) is 7.07. The van der Waals surface area contributed by atoms with Crippen molar-refractivity contribution in [2.24, 2.45) is 5.73 Å². The normalized spacial score (nSPS) is 11.1. The molecule has 15 heavy (non-hydrogen) atoms. The number of rotatable bonds is 3. The minimum Gasteiger partial charge on any atom is -0.352 e. The van der Waals surface area contributed by atoms with Crippen LogP contribution in [0.5, 0.6) is 0 Å². The van der Waals surface area contributed by atoms with Crippen LogP contribution in [0.3, 0.4) is 0 Å². The van der Waals surface area contributed by atoms with E-state index in [4.69, 9.17) is 17.3 Å². The Hall–Kier alpha value is -1.22. The summed E-state index contributed by atoms with van der Waals surface area (Å²) in [6.45, 7) is 4.57. The van der Waals surface area contributed by atoms with Gasteiger partial charge in [0.25, 0.3) is 0 Å². The van der Waals surface area contributed by atoms with Gasteiger partial charge in [-0.3, -0.25) is 0 Å².